The Morgan fingerprint density at radius 3 is 2.40 bits per heavy atom. The van der Waals surface area contributed by atoms with Gasteiger partial charge in [-0.1, -0.05) is 12.1 Å². The van der Waals surface area contributed by atoms with Crippen LogP contribution in [0.5, 0.6) is 5.75 Å². The first-order chi connectivity index (χ1) is 17.0. The maximum absolute atomic E-state index is 12.4. The highest BCUT2D eigenvalue weighted by molar-refractivity contribution is 5.97. The van der Waals surface area contributed by atoms with Crippen molar-refractivity contribution in [3.63, 3.8) is 0 Å². The van der Waals surface area contributed by atoms with E-state index in [1.165, 1.54) is 44.1 Å². The summed E-state index contributed by atoms with van der Waals surface area (Å²) in [7, 11) is 3.98. The molecule has 1 amide bonds. The van der Waals surface area contributed by atoms with Gasteiger partial charge in [-0.3, -0.25) is 4.79 Å². The molecule has 0 radical (unpaired) electrons. The van der Waals surface area contributed by atoms with E-state index in [0.717, 1.165) is 46.9 Å². The average Bonchev–Trinajstić information content (AvgIpc) is 3.24. The van der Waals surface area contributed by atoms with Crippen LogP contribution < -0.4 is 10.1 Å². The van der Waals surface area contributed by atoms with Gasteiger partial charge in [0.25, 0.3) is 5.91 Å². The minimum absolute atomic E-state index is 0.0692. The van der Waals surface area contributed by atoms with Crippen LogP contribution in [0.1, 0.15) is 60.3 Å². The number of ether oxygens (including phenoxy) is 1. The van der Waals surface area contributed by atoms with Crippen molar-refractivity contribution < 1.29 is 9.53 Å². The van der Waals surface area contributed by atoms with Crippen molar-refractivity contribution in [2.24, 2.45) is 17.8 Å². The third-order valence-corrected chi connectivity index (χ3v) is 8.52. The summed E-state index contributed by atoms with van der Waals surface area (Å²) < 4.78 is 6.07. The molecule has 4 bridgehead atoms. The number of nitrogens with one attached hydrogen (secondary N) is 2. The number of benzene rings is 2. The van der Waals surface area contributed by atoms with Crippen molar-refractivity contribution in [3.05, 3.63) is 59.4 Å². The first-order valence-electron chi connectivity index (χ1n) is 13.1. The molecule has 35 heavy (non-hydrogen) atoms. The Labute approximate surface area is 207 Å². The van der Waals surface area contributed by atoms with Crippen molar-refractivity contribution in [2.75, 3.05) is 27.2 Å². The molecule has 4 aliphatic rings. The molecule has 0 unspecified atom stereocenters. The van der Waals surface area contributed by atoms with Crippen molar-refractivity contribution in [3.8, 4) is 5.75 Å². The molecule has 6 nitrogen and oxygen atoms in total. The maximum Gasteiger partial charge on any atom is 0.251 e. The number of H-pyrrole nitrogens is 1. The Hall–Kier alpha value is -2.86. The van der Waals surface area contributed by atoms with Crippen LogP contribution in [-0.2, 0) is 12.0 Å². The Bertz CT molecular complexity index is 1180. The summed E-state index contributed by atoms with van der Waals surface area (Å²) in [6.45, 7) is 1.80. The molecular weight excluding hydrogens is 436 g/mol. The van der Waals surface area contributed by atoms with Crippen LogP contribution >= 0.6 is 0 Å². The topological polar surface area (TPSA) is 70.2 Å². The highest BCUT2D eigenvalue weighted by atomic mass is 16.5. The molecule has 6 heteroatoms. The number of carbonyl (C=O) groups excluding carboxylic acids is 1. The number of hydrogen-bond acceptors (Lipinski definition) is 4. The van der Waals surface area contributed by atoms with Crippen molar-refractivity contribution in [1.82, 2.24) is 20.2 Å². The Kier molecular flexibility index (Phi) is 5.79. The molecule has 4 fully saturated rings. The van der Waals surface area contributed by atoms with E-state index in [0.29, 0.717) is 24.1 Å². The molecular formula is C29H36N4O2. The number of amides is 1. The first kappa shape index (κ1) is 22.6. The zero-order valence-electron chi connectivity index (χ0n) is 20.8. The van der Waals surface area contributed by atoms with E-state index in [2.05, 4.69) is 39.6 Å². The molecule has 4 aliphatic carbocycles. The molecule has 2 aromatic carbocycles. The molecule has 0 atom stereocenters. The average molecular weight is 473 g/mol. The van der Waals surface area contributed by atoms with Crippen LogP contribution in [0.2, 0.25) is 0 Å². The Morgan fingerprint density at radius 1 is 1.06 bits per heavy atom. The molecule has 0 aliphatic heterocycles. The number of rotatable bonds is 8. The van der Waals surface area contributed by atoms with Crippen molar-refractivity contribution in [2.45, 2.75) is 50.5 Å². The second kappa shape index (κ2) is 8.98. The predicted octanol–water partition coefficient (Wildman–Crippen LogP) is 4.90. The van der Waals surface area contributed by atoms with E-state index in [9.17, 15) is 4.79 Å². The van der Waals surface area contributed by atoms with E-state index in [1.807, 2.05) is 37.2 Å². The zero-order chi connectivity index (χ0) is 24.0. The van der Waals surface area contributed by atoms with Crippen LogP contribution in [0.4, 0.5) is 0 Å². The summed E-state index contributed by atoms with van der Waals surface area (Å²) in [5, 5.41) is 2.95. The van der Waals surface area contributed by atoms with Crippen LogP contribution in [-0.4, -0.2) is 48.0 Å². The largest absolute Gasteiger partial charge is 0.486 e. The highest BCUT2D eigenvalue weighted by Gasteiger charge is 2.51. The molecule has 0 spiro atoms. The lowest BCUT2D eigenvalue weighted by molar-refractivity contribution is -0.00520. The van der Waals surface area contributed by atoms with Gasteiger partial charge in [-0.15, -0.1) is 0 Å². The van der Waals surface area contributed by atoms with Gasteiger partial charge in [0.05, 0.1) is 11.0 Å². The van der Waals surface area contributed by atoms with Gasteiger partial charge in [0.1, 0.15) is 18.2 Å². The molecule has 0 saturated heterocycles. The Morgan fingerprint density at radius 2 is 1.74 bits per heavy atom. The quantitative estimate of drug-likeness (QED) is 0.489. The number of carbonyl (C=O) groups is 1. The lowest BCUT2D eigenvalue weighted by Crippen LogP contribution is -2.48. The summed E-state index contributed by atoms with van der Waals surface area (Å²) in [4.78, 5) is 22.4. The van der Waals surface area contributed by atoms with E-state index < -0.39 is 0 Å². The lowest BCUT2D eigenvalue weighted by atomic mass is 9.48. The van der Waals surface area contributed by atoms with Gasteiger partial charge in [-0.2, -0.15) is 0 Å². The molecule has 184 valence electrons. The lowest BCUT2D eigenvalue weighted by Gasteiger charge is -2.57. The van der Waals surface area contributed by atoms with Crippen LogP contribution in [0.25, 0.3) is 11.0 Å². The van der Waals surface area contributed by atoms with Gasteiger partial charge >= 0.3 is 0 Å². The highest BCUT2D eigenvalue weighted by Crippen LogP contribution is 2.60. The monoisotopic (exact) mass is 472 g/mol. The summed E-state index contributed by atoms with van der Waals surface area (Å²) in [6.07, 6.45) is 8.57. The minimum atomic E-state index is -0.0692. The second-order valence-corrected chi connectivity index (χ2v) is 11.5. The van der Waals surface area contributed by atoms with E-state index in [1.54, 1.807) is 0 Å². The third kappa shape index (κ3) is 4.56. The van der Waals surface area contributed by atoms with E-state index >= 15 is 0 Å². The van der Waals surface area contributed by atoms with Gasteiger partial charge in [-0.25, -0.2) is 4.98 Å². The fourth-order valence-corrected chi connectivity index (χ4v) is 7.29. The number of aromatic nitrogens is 2. The predicted molar refractivity (Wildman–Crippen MR) is 138 cm³/mol. The first-order valence-corrected chi connectivity index (χ1v) is 13.1. The molecule has 3 aromatic rings. The van der Waals surface area contributed by atoms with Gasteiger partial charge in [-0.05, 0) is 112 Å². The molecule has 1 heterocycles. The van der Waals surface area contributed by atoms with Crippen LogP contribution in [0, 0.1) is 17.8 Å². The van der Waals surface area contributed by atoms with Crippen LogP contribution in [0.15, 0.2) is 42.5 Å². The fourth-order valence-electron chi connectivity index (χ4n) is 7.29. The number of likely N-dealkylation sites (N-methyl/N-ethyl adjacent to an activating group) is 1. The maximum atomic E-state index is 12.4. The number of fused-ring (bicyclic) bond motifs is 1. The fraction of sp³-hybridized carbons (Fsp3) is 0.517. The van der Waals surface area contributed by atoms with E-state index in [4.69, 9.17) is 4.74 Å². The van der Waals surface area contributed by atoms with Crippen molar-refractivity contribution >= 4 is 16.9 Å². The molecule has 4 saturated carbocycles. The van der Waals surface area contributed by atoms with E-state index in [-0.39, 0.29) is 5.91 Å². The number of aromatic amines is 1. The number of hydrogen-bond donors (Lipinski definition) is 2. The zero-order valence-corrected chi connectivity index (χ0v) is 20.8. The van der Waals surface area contributed by atoms with Gasteiger partial charge < -0.3 is 19.9 Å². The summed E-state index contributed by atoms with van der Waals surface area (Å²) in [6, 6.07) is 14.4. The van der Waals surface area contributed by atoms with Gasteiger partial charge in [0.15, 0.2) is 0 Å². The van der Waals surface area contributed by atoms with Gasteiger partial charge in [0, 0.05) is 18.7 Å². The minimum Gasteiger partial charge on any atom is -0.486 e. The summed E-state index contributed by atoms with van der Waals surface area (Å²) in [5.74, 6) is 4.43. The number of imidazole rings is 1. The molecule has 1 aromatic heterocycles. The molecule has 7 rings (SSSR count). The SMILES string of the molecule is CN(C)CCNC(=O)c1ccc2nc(COc3ccc(C45CC6CC(CC(C6)C4)C5)cc3)[nH]c2c1. The third-order valence-electron chi connectivity index (χ3n) is 8.52. The summed E-state index contributed by atoms with van der Waals surface area (Å²) >= 11 is 0. The summed E-state index contributed by atoms with van der Waals surface area (Å²) in [5.41, 5.74) is 4.26. The second-order valence-electron chi connectivity index (χ2n) is 11.5. The number of nitrogens with zero attached hydrogens (tertiary/aromatic N) is 2. The standard InChI is InChI=1S/C29H36N4O2/c1-33(2)10-9-30-28(34)22-3-8-25-26(14-22)32-27(31-25)18-35-24-6-4-23(5-7-24)29-15-19-11-20(16-29)13-21(12-19)17-29/h3-8,14,19-21H,9-13,15-18H2,1-2H3,(H,30,34)(H,31,32). The van der Waals surface area contributed by atoms with Crippen molar-refractivity contribution in [1.29, 1.82) is 0 Å². The molecule has 2 N–H and O–H groups in total. The normalized spacial score (nSPS) is 27.0. The smallest absolute Gasteiger partial charge is 0.251 e. The van der Waals surface area contributed by atoms with Gasteiger partial charge in [0.2, 0.25) is 0 Å². The Balaban J connectivity index is 1.09. The van der Waals surface area contributed by atoms with Crippen LogP contribution in [0.3, 0.4) is 0 Å².